The molecule has 3 aliphatic rings. The number of piperidine rings is 1. The van der Waals surface area contributed by atoms with Gasteiger partial charge in [-0.25, -0.2) is 19.2 Å². The van der Waals surface area contributed by atoms with Crippen molar-refractivity contribution in [2.24, 2.45) is 0 Å². The fraction of sp³-hybridized carbons (Fsp3) is 0.478. The minimum absolute atomic E-state index is 0.0336. The van der Waals surface area contributed by atoms with Crippen LogP contribution in [0.2, 0.25) is 0 Å². The average Bonchev–Trinajstić information content (AvgIpc) is 3.48. The molecule has 156 valence electrons. The van der Waals surface area contributed by atoms with Crippen molar-refractivity contribution >= 4 is 11.6 Å². The zero-order chi connectivity index (χ0) is 20.5. The molecule has 1 atom stereocenters. The maximum atomic E-state index is 14.5. The van der Waals surface area contributed by atoms with Crippen LogP contribution in [0.4, 0.5) is 9.18 Å². The van der Waals surface area contributed by atoms with Crippen LogP contribution < -0.4 is 5.32 Å². The molecule has 2 fully saturated rings. The molecule has 0 unspecified atom stereocenters. The van der Waals surface area contributed by atoms with Gasteiger partial charge in [0.2, 0.25) is 0 Å². The number of rotatable bonds is 5. The van der Waals surface area contributed by atoms with Crippen molar-refractivity contribution in [3.63, 3.8) is 0 Å². The van der Waals surface area contributed by atoms with Crippen LogP contribution in [0.1, 0.15) is 61.3 Å². The van der Waals surface area contributed by atoms with Crippen molar-refractivity contribution in [1.29, 1.82) is 0 Å². The number of aromatic nitrogens is 3. The van der Waals surface area contributed by atoms with Gasteiger partial charge >= 0.3 is 6.03 Å². The van der Waals surface area contributed by atoms with Gasteiger partial charge in [0.25, 0.3) is 0 Å². The van der Waals surface area contributed by atoms with Crippen LogP contribution in [0.25, 0.3) is 5.57 Å². The fourth-order valence-corrected chi connectivity index (χ4v) is 4.43. The number of carbonyl (C=O) groups excluding carboxylic acids is 1. The lowest BCUT2D eigenvalue weighted by Crippen LogP contribution is -2.49. The van der Waals surface area contributed by atoms with Crippen molar-refractivity contribution in [2.45, 2.75) is 63.5 Å². The van der Waals surface area contributed by atoms with E-state index >= 15 is 0 Å². The molecule has 0 radical (unpaired) electrons. The highest BCUT2D eigenvalue weighted by atomic mass is 19.1. The van der Waals surface area contributed by atoms with Crippen molar-refractivity contribution in [1.82, 2.24) is 25.2 Å². The molecule has 0 spiro atoms. The Morgan fingerprint density at radius 2 is 2.13 bits per heavy atom. The van der Waals surface area contributed by atoms with Gasteiger partial charge in [0.1, 0.15) is 0 Å². The molecule has 2 aromatic rings. The first-order valence-electron chi connectivity index (χ1n) is 10.9. The lowest BCUT2D eigenvalue weighted by atomic mass is 9.97. The van der Waals surface area contributed by atoms with E-state index in [-0.39, 0.29) is 17.9 Å². The number of pyridine rings is 1. The summed E-state index contributed by atoms with van der Waals surface area (Å²) in [6, 6.07) is 4.41. The SMILES string of the molecule is O=C(NC1CC1)N1CCCC[C@@H]1CCc1nc(C2=CCc3ncccc32)ncc1F. The number of hydrogen-bond donors (Lipinski definition) is 1. The van der Waals surface area contributed by atoms with Crippen molar-refractivity contribution in [3.05, 3.63) is 59.2 Å². The predicted octanol–water partition coefficient (Wildman–Crippen LogP) is 3.66. The minimum atomic E-state index is -0.381. The number of halogens is 1. The Bertz CT molecular complexity index is 987. The highest BCUT2D eigenvalue weighted by Crippen LogP contribution is 2.30. The van der Waals surface area contributed by atoms with Gasteiger partial charge in [-0.05, 0) is 51.0 Å². The zero-order valence-electron chi connectivity index (χ0n) is 17.0. The Balaban J connectivity index is 1.30. The minimum Gasteiger partial charge on any atom is -0.335 e. The van der Waals surface area contributed by atoms with Crippen LogP contribution in [-0.2, 0) is 12.8 Å². The second-order valence-electron chi connectivity index (χ2n) is 8.41. The summed E-state index contributed by atoms with van der Waals surface area (Å²) in [6.07, 6.45) is 12.3. The van der Waals surface area contributed by atoms with Gasteiger partial charge in [0.15, 0.2) is 11.6 Å². The molecule has 7 heteroatoms. The Morgan fingerprint density at radius 1 is 1.23 bits per heavy atom. The van der Waals surface area contributed by atoms with Gasteiger partial charge < -0.3 is 10.2 Å². The molecule has 3 heterocycles. The van der Waals surface area contributed by atoms with E-state index in [1.165, 1.54) is 6.20 Å². The molecule has 0 bridgehead atoms. The van der Waals surface area contributed by atoms with Crippen LogP contribution >= 0.6 is 0 Å². The zero-order valence-corrected chi connectivity index (χ0v) is 17.0. The van der Waals surface area contributed by atoms with Crippen molar-refractivity contribution in [3.8, 4) is 0 Å². The van der Waals surface area contributed by atoms with Gasteiger partial charge in [-0.3, -0.25) is 4.98 Å². The monoisotopic (exact) mass is 407 g/mol. The molecule has 6 nitrogen and oxygen atoms in total. The second kappa shape index (κ2) is 8.13. The lowest BCUT2D eigenvalue weighted by molar-refractivity contribution is 0.146. The van der Waals surface area contributed by atoms with E-state index in [2.05, 4.69) is 26.3 Å². The predicted molar refractivity (Wildman–Crippen MR) is 111 cm³/mol. The lowest BCUT2D eigenvalue weighted by Gasteiger charge is -2.36. The molecular weight excluding hydrogens is 381 g/mol. The maximum absolute atomic E-state index is 14.5. The number of amides is 2. The van der Waals surface area contributed by atoms with Gasteiger partial charge in [0.05, 0.1) is 17.6 Å². The third kappa shape index (κ3) is 3.93. The highest BCUT2D eigenvalue weighted by Gasteiger charge is 2.31. The number of hydrogen-bond acceptors (Lipinski definition) is 4. The summed E-state index contributed by atoms with van der Waals surface area (Å²) in [5.41, 5.74) is 3.36. The van der Waals surface area contributed by atoms with E-state index in [0.717, 1.165) is 61.9 Å². The van der Waals surface area contributed by atoms with Gasteiger partial charge in [-0.2, -0.15) is 0 Å². The number of fused-ring (bicyclic) bond motifs is 1. The van der Waals surface area contributed by atoms with Crippen LogP contribution in [0.5, 0.6) is 0 Å². The van der Waals surface area contributed by atoms with Gasteiger partial charge in [0, 0.05) is 42.4 Å². The normalized spacial score (nSPS) is 20.6. The topological polar surface area (TPSA) is 71.0 Å². The molecular formula is C23H26FN5O. The first-order chi connectivity index (χ1) is 14.7. The van der Waals surface area contributed by atoms with Crippen molar-refractivity contribution in [2.75, 3.05) is 6.54 Å². The molecule has 2 aliphatic carbocycles. The van der Waals surface area contributed by atoms with E-state index in [9.17, 15) is 9.18 Å². The maximum Gasteiger partial charge on any atom is 0.317 e. The summed E-state index contributed by atoms with van der Waals surface area (Å²) in [5.74, 6) is 0.165. The first-order valence-corrected chi connectivity index (χ1v) is 10.9. The van der Waals surface area contributed by atoms with E-state index in [0.29, 0.717) is 30.4 Å². The van der Waals surface area contributed by atoms with Gasteiger partial charge in [-0.1, -0.05) is 12.1 Å². The van der Waals surface area contributed by atoms with E-state index in [1.54, 1.807) is 6.20 Å². The highest BCUT2D eigenvalue weighted by molar-refractivity contribution is 5.80. The molecule has 1 saturated carbocycles. The smallest absolute Gasteiger partial charge is 0.317 e. The molecule has 1 saturated heterocycles. The summed E-state index contributed by atoms with van der Waals surface area (Å²) in [4.78, 5) is 27.7. The van der Waals surface area contributed by atoms with E-state index in [4.69, 9.17) is 0 Å². The number of nitrogens with zero attached hydrogens (tertiary/aromatic N) is 4. The Labute approximate surface area is 175 Å². The molecule has 2 amide bonds. The summed E-state index contributed by atoms with van der Waals surface area (Å²) >= 11 is 0. The van der Waals surface area contributed by atoms with Crippen molar-refractivity contribution < 1.29 is 9.18 Å². The Hall–Kier alpha value is -2.83. The first kappa shape index (κ1) is 19.2. The summed E-state index contributed by atoms with van der Waals surface area (Å²) in [5, 5.41) is 3.09. The number of nitrogens with one attached hydrogen (secondary N) is 1. The summed E-state index contributed by atoms with van der Waals surface area (Å²) in [6.45, 7) is 0.775. The number of likely N-dealkylation sites (tertiary alicyclic amines) is 1. The third-order valence-corrected chi connectivity index (χ3v) is 6.24. The Kier molecular flexibility index (Phi) is 5.19. The molecule has 0 aromatic carbocycles. The fourth-order valence-electron chi connectivity index (χ4n) is 4.43. The largest absolute Gasteiger partial charge is 0.335 e. The van der Waals surface area contributed by atoms with Crippen LogP contribution in [-0.4, -0.2) is 44.5 Å². The molecule has 30 heavy (non-hydrogen) atoms. The van der Waals surface area contributed by atoms with Crippen LogP contribution in [0, 0.1) is 5.82 Å². The van der Waals surface area contributed by atoms with E-state index < -0.39 is 0 Å². The Morgan fingerprint density at radius 3 is 3.00 bits per heavy atom. The quantitative estimate of drug-likeness (QED) is 0.821. The summed E-state index contributed by atoms with van der Waals surface area (Å²) in [7, 11) is 0. The standard InChI is InChI=1S/C23H26FN5O/c24-19-14-26-22(18-9-11-20-17(18)5-3-12-25-20)28-21(19)10-8-16-4-1-2-13-29(16)23(30)27-15-6-7-15/h3,5,9,12,14-16H,1-2,4,6-8,10-11,13H2,(H,27,30)/t16-/m1/s1. The summed E-state index contributed by atoms with van der Waals surface area (Å²) < 4.78 is 14.5. The number of urea groups is 1. The molecule has 2 aromatic heterocycles. The number of aryl methyl sites for hydroxylation is 1. The molecule has 1 N–H and O–H groups in total. The molecule has 5 rings (SSSR count). The van der Waals surface area contributed by atoms with Gasteiger partial charge in [-0.15, -0.1) is 0 Å². The molecule has 1 aliphatic heterocycles. The average molecular weight is 407 g/mol. The van der Waals surface area contributed by atoms with Crippen LogP contribution in [0.15, 0.2) is 30.6 Å². The second-order valence-corrected chi connectivity index (χ2v) is 8.41. The van der Waals surface area contributed by atoms with E-state index in [1.807, 2.05) is 17.0 Å². The number of allylic oxidation sites excluding steroid dienone is 1. The van der Waals surface area contributed by atoms with Crippen LogP contribution in [0.3, 0.4) is 0 Å². The third-order valence-electron chi connectivity index (χ3n) is 6.24. The number of carbonyl (C=O) groups is 1.